The van der Waals surface area contributed by atoms with Crippen molar-refractivity contribution in [3.63, 3.8) is 0 Å². The maximum atomic E-state index is 5.87. The Labute approximate surface area is 88.4 Å². The van der Waals surface area contributed by atoms with Crippen LogP contribution in [-0.2, 0) is 4.74 Å². The van der Waals surface area contributed by atoms with Gasteiger partial charge in [0.25, 0.3) is 0 Å². The molecule has 0 bridgehead atoms. The maximum Gasteiger partial charge on any atom is 0.0658 e. The summed E-state index contributed by atoms with van der Waals surface area (Å²) in [5.41, 5.74) is 0.366. The van der Waals surface area contributed by atoms with Gasteiger partial charge in [0.1, 0.15) is 0 Å². The van der Waals surface area contributed by atoms with Gasteiger partial charge in [-0.2, -0.15) is 0 Å². The second kappa shape index (κ2) is 5.13. The van der Waals surface area contributed by atoms with Gasteiger partial charge in [0.2, 0.25) is 0 Å². The molecule has 1 aliphatic carbocycles. The molecule has 1 aliphatic rings. The van der Waals surface area contributed by atoms with Gasteiger partial charge in [-0.15, -0.1) is 0 Å². The summed E-state index contributed by atoms with van der Waals surface area (Å²) in [4.78, 5) is 0. The molecule has 3 unspecified atom stereocenters. The molecule has 0 aromatic heterocycles. The molecule has 0 heterocycles. The van der Waals surface area contributed by atoms with Crippen LogP contribution >= 0.6 is 0 Å². The van der Waals surface area contributed by atoms with Crippen LogP contribution in [0.2, 0.25) is 0 Å². The third-order valence-electron chi connectivity index (χ3n) is 3.72. The van der Waals surface area contributed by atoms with Gasteiger partial charge in [-0.25, -0.2) is 0 Å². The fraction of sp³-hybridized carbons (Fsp3) is 1.00. The molecule has 2 nitrogen and oxygen atoms in total. The monoisotopic (exact) mass is 199 g/mol. The molecule has 0 spiro atoms. The van der Waals surface area contributed by atoms with Crippen LogP contribution in [0.5, 0.6) is 0 Å². The lowest BCUT2D eigenvalue weighted by atomic mass is 9.61. The number of hydrogen-bond acceptors (Lipinski definition) is 2. The lowest BCUT2D eigenvalue weighted by molar-refractivity contribution is -0.128. The molecular weight excluding hydrogens is 174 g/mol. The topological polar surface area (TPSA) is 21.3 Å². The fourth-order valence-electron chi connectivity index (χ4n) is 2.37. The van der Waals surface area contributed by atoms with E-state index in [9.17, 15) is 0 Å². The van der Waals surface area contributed by atoms with Gasteiger partial charge in [-0.1, -0.05) is 27.7 Å². The highest BCUT2D eigenvalue weighted by atomic mass is 16.5. The van der Waals surface area contributed by atoms with Crippen molar-refractivity contribution in [2.24, 2.45) is 5.41 Å². The van der Waals surface area contributed by atoms with E-state index in [1.807, 2.05) is 0 Å². The van der Waals surface area contributed by atoms with Crippen molar-refractivity contribution < 1.29 is 4.74 Å². The smallest absolute Gasteiger partial charge is 0.0658 e. The first-order chi connectivity index (χ1) is 6.69. The second-order valence-corrected chi connectivity index (χ2v) is 4.56. The first kappa shape index (κ1) is 12.0. The van der Waals surface area contributed by atoms with Gasteiger partial charge in [-0.05, 0) is 25.8 Å². The normalized spacial score (nSPS) is 36.9. The highest BCUT2D eigenvalue weighted by Gasteiger charge is 2.50. The molecule has 84 valence electrons. The highest BCUT2D eigenvalue weighted by Crippen LogP contribution is 2.45. The Bertz CT molecular complexity index is 172. The van der Waals surface area contributed by atoms with Gasteiger partial charge in [0.15, 0.2) is 0 Å². The quantitative estimate of drug-likeness (QED) is 0.710. The zero-order valence-corrected chi connectivity index (χ0v) is 10.1. The zero-order valence-electron chi connectivity index (χ0n) is 10.1. The maximum absolute atomic E-state index is 5.87. The van der Waals surface area contributed by atoms with Crippen LogP contribution in [0.25, 0.3) is 0 Å². The molecule has 1 N–H and O–H groups in total. The Morgan fingerprint density at radius 1 is 1.36 bits per heavy atom. The van der Waals surface area contributed by atoms with Gasteiger partial charge in [-0.3, -0.25) is 0 Å². The van der Waals surface area contributed by atoms with Crippen LogP contribution in [0, 0.1) is 5.41 Å². The van der Waals surface area contributed by atoms with Crippen LogP contribution in [0.4, 0.5) is 0 Å². The van der Waals surface area contributed by atoms with Crippen LogP contribution in [0.15, 0.2) is 0 Å². The standard InChI is InChI=1S/C12H25NO/c1-5-8-14-11-9-10(13-7-3)12(11,4)6-2/h10-11,13H,5-9H2,1-4H3. The van der Waals surface area contributed by atoms with E-state index in [0.29, 0.717) is 17.6 Å². The molecular formula is C12H25NO. The average molecular weight is 199 g/mol. The predicted molar refractivity (Wildman–Crippen MR) is 60.5 cm³/mol. The predicted octanol–water partition coefficient (Wildman–Crippen LogP) is 2.58. The van der Waals surface area contributed by atoms with E-state index in [2.05, 4.69) is 33.0 Å². The Kier molecular flexibility index (Phi) is 4.39. The lowest BCUT2D eigenvalue weighted by Gasteiger charge is -2.53. The third-order valence-corrected chi connectivity index (χ3v) is 3.72. The van der Waals surface area contributed by atoms with Gasteiger partial charge < -0.3 is 10.1 Å². The fourth-order valence-corrected chi connectivity index (χ4v) is 2.37. The lowest BCUT2D eigenvalue weighted by Crippen LogP contribution is -2.62. The van der Waals surface area contributed by atoms with E-state index in [1.54, 1.807) is 0 Å². The zero-order chi connectivity index (χ0) is 10.6. The summed E-state index contributed by atoms with van der Waals surface area (Å²) in [6, 6.07) is 0.666. The summed E-state index contributed by atoms with van der Waals surface area (Å²) in [6.45, 7) is 11.0. The van der Waals surface area contributed by atoms with Crippen LogP contribution in [0.3, 0.4) is 0 Å². The first-order valence-corrected chi connectivity index (χ1v) is 6.04. The molecule has 0 radical (unpaired) electrons. The Balaban J connectivity index is 2.42. The molecule has 0 amide bonds. The van der Waals surface area contributed by atoms with Crippen molar-refractivity contribution in [1.82, 2.24) is 5.32 Å². The molecule has 14 heavy (non-hydrogen) atoms. The van der Waals surface area contributed by atoms with Gasteiger partial charge >= 0.3 is 0 Å². The van der Waals surface area contributed by atoms with Crippen molar-refractivity contribution in [3.05, 3.63) is 0 Å². The molecule has 0 aromatic rings. The van der Waals surface area contributed by atoms with E-state index in [-0.39, 0.29) is 0 Å². The average Bonchev–Trinajstić information content (AvgIpc) is 2.21. The summed E-state index contributed by atoms with van der Waals surface area (Å²) in [5, 5.41) is 3.55. The molecule has 1 saturated carbocycles. The molecule has 1 rings (SSSR count). The van der Waals surface area contributed by atoms with Crippen molar-refractivity contribution in [1.29, 1.82) is 0 Å². The van der Waals surface area contributed by atoms with Crippen molar-refractivity contribution in [2.45, 2.75) is 59.1 Å². The SMILES string of the molecule is CCCOC1CC(NCC)C1(C)CC. The molecule has 0 aliphatic heterocycles. The highest BCUT2D eigenvalue weighted by molar-refractivity contribution is 5.04. The number of rotatable bonds is 6. The van der Waals surface area contributed by atoms with Crippen LogP contribution in [0.1, 0.15) is 47.0 Å². The van der Waals surface area contributed by atoms with Crippen LogP contribution < -0.4 is 5.32 Å². The number of nitrogens with one attached hydrogen (secondary N) is 1. The van der Waals surface area contributed by atoms with Gasteiger partial charge in [0, 0.05) is 18.1 Å². The molecule has 3 atom stereocenters. The van der Waals surface area contributed by atoms with Crippen LogP contribution in [-0.4, -0.2) is 25.3 Å². The summed E-state index contributed by atoms with van der Waals surface area (Å²) >= 11 is 0. The minimum atomic E-state index is 0.366. The summed E-state index contributed by atoms with van der Waals surface area (Å²) in [7, 11) is 0. The summed E-state index contributed by atoms with van der Waals surface area (Å²) in [6.07, 6.45) is 4.01. The van der Waals surface area contributed by atoms with E-state index < -0.39 is 0 Å². The molecule has 2 heteroatoms. The summed E-state index contributed by atoms with van der Waals surface area (Å²) in [5.74, 6) is 0. The number of ether oxygens (including phenoxy) is 1. The van der Waals surface area contributed by atoms with E-state index >= 15 is 0 Å². The first-order valence-electron chi connectivity index (χ1n) is 6.04. The van der Waals surface area contributed by atoms with Crippen molar-refractivity contribution >= 4 is 0 Å². The van der Waals surface area contributed by atoms with E-state index in [1.165, 1.54) is 12.8 Å². The van der Waals surface area contributed by atoms with E-state index in [0.717, 1.165) is 19.6 Å². The van der Waals surface area contributed by atoms with Crippen molar-refractivity contribution in [3.8, 4) is 0 Å². The molecule has 0 saturated heterocycles. The van der Waals surface area contributed by atoms with Crippen molar-refractivity contribution in [2.75, 3.05) is 13.2 Å². The van der Waals surface area contributed by atoms with Gasteiger partial charge in [0.05, 0.1) is 6.10 Å². The molecule has 0 aromatic carbocycles. The third kappa shape index (κ3) is 2.12. The summed E-state index contributed by atoms with van der Waals surface area (Å²) < 4.78 is 5.87. The Morgan fingerprint density at radius 3 is 2.57 bits per heavy atom. The molecule has 1 fully saturated rings. The Morgan fingerprint density at radius 2 is 2.07 bits per heavy atom. The Hall–Kier alpha value is -0.0800. The number of hydrogen-bond donors (Lipinski definition) is 1. The minimum Gasteiger partial charge on any atom is -0.378 e. The minimum absolute atomic E-state index is 0.366. The largest absolute Gasteiger partial charge is 0.378 e. The second-order valence-electron chi connectivity index (χ2n) is 4.56. The van der Waals surface area contributed by atoms with E-state index in [4.69, 9.17) is 4.74 Å².